The first-order valence-electron chi connectivity index (χ1n) is 9.17. The molecule has 1 amide bonds. The summed E-state index contributed by atoms with van der Waals surface area (Å²) in [4.78, 5) is 14.7. The lowest BCUT2D eigenvalue weighted by Crippen LogP contribution is -2.50. The quantitative estimate of drug-likeness (QED) is 0.770. The number of nitrogens with zero attached hydrogens (tertiary/aromatic N) is 1. The average molecular weight is 397 g/mol. The summed E-state index contributed by atoms with van der Waals surface area (Å²) >= 11 is 0. The normalized spacial score (nSPS) is 22.1. The maximum absolute atomic E-state index is 12.7. The van der Waals surface area contributed by atoms with Gasteiger partial charge in [-0.2, -0.15) is 0 Å². The lowest BCUT2D eigenvalue weighted by Gasteiger charge is -2.37. The second-order valence-corrected chi connectivity index (χ2v) is 8.71. The minimum absolute atomic E-state index is 0.00972. The Morgan fingerprint density at radius 3 is 2.63 bits per heavy atom. The van der Waals surface area contributed by atoms with E-state index in [1.165, 1.54) is 12.1 Å². The fourth-order valence-corrected chi connectivity index (χ4v) is 4.24. The largest absolute Gasteiger partial charge is 0.349 e. The third-order valence-electron chi connectivity index (χ3n) is 5.22. The highest BCUT2D eigenvalue weighted by Gasteiger charge is 2.34. The Morgan fingerprint density at radius 2 is 1.96 bits per heavy atom. The molecule has 1 atom stereocenters. The van der Waals surface area contributed by atoms with E-state index in [1.54, 1.807) is 6.92 Å². The lowest BCUT2D eigenvalue weighted by atomic mass is 10.0. The molecule has 2 saturated heterocycles. The summed E-state index contributed by atoms with van der Waals surface area (Å²) in [6, 6.07) is 2.98. The van der Waals surface area contributed by atoms with E-state index in [4.69, 9.17) is 14.6 Å². The van der Waals surface area contributed by atoms with Gasteiger partial charge in [0.15, 0.2) is 6.29 Å². The topological polar surface area (TPSA) is 111 Å². The fraction of sp³-hybridized carbons (Fsp3) is 0.611. The van der Waals surface area contributed by atoms with E-state index in [0.717, 1.165) is 36.9 Å². The molecule has 3 N–H and O–H groups in total. The maximum atomic E-state index is 12.7. The zero-order valence-electron chi connectivity index (χ0n) is 15.7. The highest BCUT2D eigenvalue weighted by Crippen LogP contribution is 2.26. The molecule has 27 heavy (non-hydrogen) atoms. The van der Waals surface area contributed by atoms with Crippen LogP contribution in [0.15, 0.2) is 17.0 Å². The van der Waals surface area contributed by atoms with E-state index in [2.05, 4.69) is 10.2 Å². The SMILES string of the molecule is Cc1cc(S(N)(=O)=O)cc(NC(=O)CN2CCCCC2C2OCCO2)c1C. The van der Waals surface area contributed by atoms with E-state index < -0.39 is 10.0 Å². The van der Waals surface area contributed by atoms with Crippen LogP contribution >= 0.6 is 0 Å². The molecule has 1 unspecified atom stereocenters. The Balaban J connectivity index is 1.72. The number of amides is 1. The number of carbonyl (C=O) groups is 1. The van der Waals surface area contributed by atoms with Gasteiger partial charge in [-0.15, -0.1) is 0 Å². The molecule has 8 nitrogen and oxygen atoms in total. The zero-order valence-corrected chi connectivity index (χ0v) is 16.5. The van der Waals surface area contributed by atoms with E-state index in [-0.39, 0.29) is 29.7 Å². The molecule has 1 aromatic rings. The van der Waals surface area contributed by atoms with Gasteiger partial charge in [0.2, 0.25) is 15.9 Å². The Bertz CT molecular complexity index is 805. The van der Waals surface area contributed by atoms with Crippen molar-refractivity contribution in [2.75, 3.05) is 31.6 Å². The van der Waals surface area contributed by atoms with Crippen molar-refractivity contribution < 1.29 is 22.7 Å². The van der Waals surface area contributed by atoms with E-state index >= 15 is 0 Å². The van der Waals surface area contributed by atoms with Crippen LogP contribution in [0.1, 0.15) is 30.4 Å². The molecule has 0 aliphatic carbocycles. The van der Waals surface area contributed by atoms with Gasteiger partial charge in [0.1, 0.15) is 0 Å². The Hall–Kier alpha value is -1.52. The number of carbonyl (C=O) groups excluding carboxylic acids is 1. The minimum atomic E-state index is -3.84. The molecule has 0 radical (unpaired) electrons. The Morgan fingerprint density at radius 1 is 1.26 bits per heavy atom. The predicted molar refractivity (Wildman–Crippen MR) is 101 cm³/mol. The average Bonchev–Trinajstić information content (AvgIpc) is 3.12. The fourth-order valence-electron chi connectivity index (χ4n) is 3.61. The van der Waals surface area contributed by atoms with E-state index in [0.29, 0.717) is 18.9 Å². The van der Waals surface area contributed by atoms with Crippen LogP contribution in [0.2, 0.25) is 0 Å². The van der Waals surface area contributed by atoms with Crippen molar-refractivity contribution in [3.63, 3.8) is 0 Å². The number of hydrogen-bond donors (Lipinski definition) is 2. The van der Waals surface area contributed by atoms with Gasteiger partial charge in [-0.1, -0.05) is 6.42 Å². The second kappa shape index (κ2) is 8.24. The lowest BCUT2D eigenvalue weighted by molar-refractivity contribution is -0.127. The van der Waals surface area contributed by atoms with Crippen molar-refractivity contribution in [2.24, 2.45) is 5.14 Å². The molecule has 0 saturated carbocycles. The highest BCUT2D eigenvalue weighted by molar-refractivity contribution is 7.89. The molecular weight excluding hydrogens is 370 g/mol. The van der Waals surface area contributed by atoms with Crippen LogP contribution in [0.25, 0.3) is 0 Å². The highest BCUT2D eigenvalue weighted by atomic mass is 32.2. The zero-order chi connectivity index (χ0) is 19.6. The third kappa shape index (κ3) is 4.85. The van der Waals surface area contributed by atoms with E-state index in [9.17, 15) is 13.2 Å². The number of rotatable bonds is 5. The minimum Gasteiger partial charge on any atom is -0.349 e. The summed E-state index contributed by atoms with van der Waals surface area (Å²) in [5.41, 5.74) is 2.03. The number of ether oxygens (including phenoxy) is 2. The standard InChI is InChI=1S/C18H27N3O5S/c1-12-9-14(27(19,23)24)10-15(13(12)2)20-17(22)11-21-6-4-3-5-16(21)18-25-7-8-26-18/h9-10,16,18H,3-8,11H2,1-2H3,(H,20,22)(H2,19,23,24). The number of likely N-dealkylation sites (tertiary alicyclic amines) is 1. The van der Waals surface area contributed by atoms with Crippen LogP contribution in [0.3, 0.4) is 0 Å². The van der Waals surface area contributed by atoms with Crippen LogP contribution in [-0.2, 0) is 24.3 Å². The summed E-state index contributed by atoms with van der Waals surface area (Å²) in [6.07, 6.45) is 2.75. The molecule has 9 heteroatoms. The van der Waals surface area contributed by atoms with E-state index in [1.807, 2.05) is 6.92 Å². The number of aryl methyl sites for hydroxylation is 1. The van der Waals surface area contributed by atoms with Gasteiger partial charge in [0, 0.05) is 5.69 Å². The smallest absolute Gasteiger partial charge is 0.238 e. The first-order chi connectivity index (χ1) is 12.8. The van der Waals surface area contributed by atoms with Crippen molar-refractivity contribution in [3.05, 3.63) is 23.3 Å². The van der Waals surface area contributed by atoms with Crippen molar-refractivity contribution >= 4 is 21.6 Å². The molecule has 2 aliphatic rings. The number of piperidine rings is 1. The van der Waals surface area contributed by atoms with Gasteiger partial charge in [0.25, 0.3) is 0 Å². The van der Waals surface area contributed by atoms with Gasteiger partial charge in [-0.05, 0) is 56.5 Å². The number of nitrogens with two attached hydrogens (primary N) is 1. The molecule has 1 aromatic carbocycles. The molecule has 2 heterocycles. The molecule has 150 valence electrons. The van der Waals surface area contributed by atoms with Crippen molar-refractivity contribution in [3.8, 4) is 0 Å². The summed E-state index contributed by atoms with van der Waals surface area (Å²) in [5, 5.41) is 8.08. The number of sulfonamides is 1. The summed E-state index contributed by atoms with van der Waals surface area (Å²) in [7, 11) is -3.84. The van der Waals surface area contributed by atoms with Gasteiger partial charge in [-0.25, -0.2) is 13.6 Å². The second-order valence-electron chi connectivity index (χ2n) is 7.15. The first-order valence-corrected chi connectivity index (χ1v) is 10.7. The van der Waals surface area contributed by atoms with Crippen molar-refractivity contribution in [1.29, 1.82) is 0 Å². The van der Waals surface area contributed by atoms with Gasteiger partial charge < -0.3 is 14.8 Å². The van der Waals surface area contributed by atoms with Gasteiger partial charge in [-0.3, -0.25) is 9.69 Å². The summed E-state index contributed by atoms with van der Waals surface area (Å²) in [5.74, 6) is -0.200. The third-order valence-corrected chi connectivity index (χ3v) is 6.11. The molecule has 0 aromatic heterocycles. The predicted octanol–water partition coefficient (Wildman–Crippen LogP) is 1.12. The molecule has 2 fully saturated rings. The molecule has 0 bridgehead atoms. The molecular formula is C18H27N3O5S. The van der Waals surface area contributed by atoms with Crippen LogP contribution in [0.5, 0.6) is 0 Å². The number of nitrogens with one attached hydrogen (secondary N) is 1. The number of anilines is 1. The van der Waals surface area contributed by atoms with Crippen molar-refractivity contribution in [1.82, 2.24) is 4.90 Å². The van der Waals surface area contributed by atoms with Crippen LogP contribution < -0.4 is 10.5 Å². The van der Waals surface area contributed by atoms with Gasteiger partial charge >= 0.3 is 0 Å². The van der Waals surface area contributed by atoms with Gasteiger partial charge in [0.05, 0.1) is 30.7 Å². The van der Waals surface area contributed by atoms with Crippen molar-refractivity contribution in [2.45, 2.75) is 50.3 Å². The maximum Gasteiger partial charge on any atom is 0.238 e. The number of hydrogen-bond acceptors (Lipinski definition) is 6. The summed E-state index contributed by atoms with van der Waals surface area (Å²) < 4.78 is 34.6. The monoisotopic (exact) mass is 397 g/mol. The molecule has 2 aliphatic heterocycles. The van der Waals surface area contributed by atoms with Crippen LogP contribution in [0, 0.1) is 13.8 Å². The molecule has 0 spiro atoms. The number of benzene rings is 1. The number of primary sulfonamides is 1. The van der Waals surface area contributed by atoms with Crippen LogP contribution in [0.4, 0.5) is 5.69 Å². The Labute approximate surface area is 160 Å². The Kier molecular flexibility index (Phi) is 6.17. The molecule has 3 rings (SSSR count). The van der Waals surface area contributed by atoms with Crippen LogP contribution in [-0.4, -0.2) is 57.9 Å². The summed E-state index contributed by atoms with van der Waals surface area (Å²) in [6.45, 7) is 5.79. The first kappa shape index (κ1) is 20.2.